The zero-order valence-electron chi connectivity index (χ0n) is 16.8. The molecule has 0 aliphatic carbocycles. The average molecular weight is 434 g/mol. The summed E-state index contributed by atoms with van der Waals surface area (Å²) in [6, 6.07) is 8.74. The van der Waals surface area contributed by atoms with Gasteiger partial charge in [0.1, 0.15) is 18.0 Å². The van der Waals surface area contributed by atoms with E-state index < -0.39 is 6.36 Å². The Morgan fingerprint density at radius 3 is 2.58 bits per heavy atom. The summed E-state index contributed by atoms with van der Waals surface area (Å²) in [4.78, 5) is 18.9. The van der Waals surface area contributed by atoms with Gasteiger partial charge >= 0.3 is 6.36 Å². The first-order valence-corrected chi connectivity index (χ1v) is 9.92. The van der Waals surface area contributed by atoms with Gasteiger partial charge in [0.05, 0.1) is 0 Å². The zero-order valence-corrected chi connectivity index (χ0v) is 16.8. The number of likely N-dealkylation sites (tertiary alicyclic amines) is 1. The second-order valence-electron chi connectivity index (χ2n) is 7.58. The molecule has 2 aromatic heterocycles. The molecule has 0 radical (unpaired) electrons. The summed E-state index contributed by atoms with van der Waals surface area (Å²) in [7, 11) is 0. The quantitative estimate of drug-likeness (QED) is 0.597. The van der Waals surface area contributed by atoms with Crippen molar-refractivity contribution < 1.29 is 27.2 Å². The van der Waals surface area contributed by atoms with Crippen molar-refractivity contribution in [2.24, 2.45) is 5.92 Å². The van der Waals surface area contributed by atoms with E-state index in [1.54, 1.807) is 22.9 Å². The van der Waals surface area contributed by atoms with Crippen LogP contribution in [0.25, 0.3) is 23.0 Å². The molecule has 0 unspecified atom stereocenters. The van der Waals surface area contributed by atoms with Crippen LogP contribution in [0.5, 0.6) is 5.75 Å². The van der Waals surface area contributed by atoms with Crippen LogP contribution in [-0.4, -0.2) is 45.0 Å². The van der Waals surface area contributed by atoms with Gasteiger partial charge in [0, 0.05) is 24.8 Å². The minimum absolute atomic E-state index is 0.0318. The van der Waals surface area contributed by atoms with Crippen molar-refractivity contribution in [1.82, 2.24) is 19.6 Å². The fourth-order valence-corrected chi connectivity index (χ4v) is 3.50. The van der Waals surface area contributed by atoms with E-state index in [0.29, 0.717) is 17.2 Å². The molecule has 10 heteroatoms. The molecule has 0 N–H and O–H groups in total. The Kier molecular flexibility index (Phi) is 5.71. The van der Waals surface area contributed by atoms with Crippen molar-refractivity contribution in [3.05, 3.63) is 42.6 Å². The third kappa shape index (κ3) is 5.07. The number of amides is 1. The molecule has 1 aliphatic heterocycles. The van der Waals surface area contributed by atoms with E-state index in [1.165, 1.54) is 24.3 Å². The standard InChI is InChI=1S/C21H21F3N4O3/c1-14-8-11-27(12-9-14)18(29)13-28-10-2-3-17(28)20-25-19(26-31-20)15-4-6-16(7-5-15)30-21(22,23)24/h2-7,10,14H,8-9,11-13H2,1H3. The zero-order chi connectivity index (χ0) is 22.0. The minimum Gasteiger partial charge on any atom is -0.406 e. The highest BCUT2D eigenvalue weighted by atomic mass is 19.4. The van der Waals surface area contributed by atoms with Gasteiger partial charge in [0.2, 0.25) is 11.7 Å². The third-order valence-corrected chi connectivity index (χ3v) is 5.26. The summed E-state index contributed by atoms with van der Waals surface area (Å²) in [5.41, 5.74) is 1.07. The average Bonchev–Trinajstić information content (AvgIpc) is 3.37. The summed E-state index contributed by atoms with van der Waals surface area (Å²) in [6.45, 7) is 3.87. The van der Waals surface area contributed by atoms with Crippen LogP contribution >= 0.6 is 0 Å². The Labute approximate surface area is 176 Å². The van der Waals surface area contributed by atoms with Crippen molar-refractivity contribution in [2.45, 2.75) is 32.7 Å². The monoisotopic (exact) mass is 434 g/mol. The molecule has 1 fully saturated rings. The molecule has 4 rings (SSSR count). The molecule has 3 heterocycles. The van der Waals surface area contributed by atoms with Crippen molar-refractivity contribution in [3.8, 4) is 28.7 Å². The molecule has 0 spiro atoms. The summed E-state index contributed by atoms with van der Waals surface area (Å²) in [5, 5.41) is 3.91. The number of carbonyl (C=O) groups excluding carboxylic acids is 1. The lowest BCUT2D eigenvalue weighted by atomic mass is 9.99. The van der Waals surface area contributed by atoms with E-state index in [1.807, 2.05) is 4.90 Å². The second kappa shape index (κ2) is 8.44. The van der Waals surface area contributed by atoms with Crippen LogP contribution in [0.15, 0.2) is 47.1 Å². The van der Waals surface area contributed by atoms with Gasteiger partial charge in [-0.3, -0.25) is 4.79 Å². The lowest BCUT2D eigenvalue weighted by molar-refractivity contribution is -0.274. The highest BCUT2D eigenvalue weighted by Gasteiger charge is 2.31. The van der Waals surface area contributed by atoms with Gasteiger partial charge < -0.3 is 18.7 Å². The summed E-state index contributed by atoms with van der Waals surface area (Å²) >= 11 is 0. The van der Waals surface area contributed by atoms with Gasteiger partial charge in [-0.05, 0) is 55.2 Å². The molecular weight excluding hydrogens is 413 g/mol. The Hall–Kier alpha value is -3.30. The number of halogens is 3. The lowest BCUT2D eigenvalue weighted by Crippen LogP contribution is -2.39. The molecule has 3 aromatic rings. The van der Waals surface area contributed by atoms with Gasteiger partial charge in [-0.25, -0.2) is 0 Å². The number of alkyl halides is 3. The SMILES string of the molecule is CC1CCN(C(=O)Cn2cccc2-c2nc(-c3ccc(OC(F)(F)F)cc3)no2)CC1. The van der Waals surface area contributed by atoms with Gasteiger partial charge in [0.15, 0.2) is 0 Å². The van der Waals surface area contributed by atoms with E-state index in [2.05, 4.69) is 21.8 Å². The van der Waals surface area contributed by atoms with Gasteiger partial charge in [-0.2, -0.15) is 4.98 Å². The molecule has 31 heavy (non-hydrogen) atoms. The van der Waals surface area contributed by atoms with Crippen LogP contribution in [0.4, 0.5) is 13.2 Å². The first-order chi connectivity index (χ1) is 14.8. The molecule has 1 amide bonds. The third-order valence-electron chi connectivity index (χ3n) is 5.26. The van der Waals surface area contributed by atoms with Crippen LogP contribution < -0.4 is 4.74 Å². The number of hydrogen-bond acceptors (Lipinski definition) is 5. The largest absolute Gasteiger partial charge is 0.573 e. The van der Waals surface area contributed by atoms with Crippen molar-refractivity contribution in [1.29, 1.82) is 0 Å². The van der Waals surface area contributed by atoms with E-state index >= 15 is 0 Å². The Bertz CT molecular complexity index is 1030. The van der Waals surface area contributed by atoms with E-state index in [9.17, 15) is 18.0 Å². The number of ether oxygens (including phenoxy) is 1. The van der Waals surface area contributed by atoms with E-state index in [-0.39, 0.29) is 29.9 Å². The number of rotatable bonds is 5. The number of carbonyl (C=O) groups is 1. The maximum atomic E-state index is 12.7. The topological polar surface area (TPSA) is 73.4 Å². The molecule has 0 saturated carbocycles. The molecule has 1 saturated heterocycles. The highest BCUT2D eigenvalue weighted by molar-refractivity contribution is 5.77. The van der Waals surface area contributed by atoms with Crippen LogP contribution in [0.1, 0.15) is 19.8 Å². The van der Waals surface area contributed by atoms with Gasteiger partial charge in [0.25, 0.3) is 5.89 Å². The molecule has 1 aliphatic rings. The number of aromatic nitrogens is 3. The fraction of sp³-hybridized carbons (Fsp3) is 0.381. The molecule has 0 atom stereocenters. The summed E-state index contributed by atoms with van der Waals surface area (Å²) in [6.07, 6.45) is -0.975. The molecule has 164 valence electrons. The van der Waals surface area contributed by atoms with Crippen molar-refractivity contribution >= 4 is 5.91 Å². The molecule has 7 nitrogen and oxygen atoms in total. The van der Waals surface area contributed by atoms with Crippen molar-refractivity contribution in [3.63, 3.8) is 0 Å². The summed E-state index contributed by atoms with van der Waals surface area (Å²) < 4.78 is 47.8. The predicted octanol–water partition coefficient (Wildman–Crippen LogP) is 4.36. The van der Waals surface area contributed by atoms with Crippen LogP contribution in [-0.2, 0) is 11.3 Å². The highest BCUT2D eigenvalue weighted by Crippen LogP contribution is 2.27. The first kappa shape index (κ1) is 21.0. The summed E-state index contributed by atoms with van der Waals surface area (Å²) in [5.74, 6) is 0.772. The van der Waals surface area contributed by atoms with Crippen LogP contribution in [0, 0.1) is 5.92 Å². The maximum Gasteiger partial charge on any atom is 0.573 e. The second-order valence-corrected chi connectivity index (χ2v) is 7.58. The molecular formula is C21H21F3N4O3. The first-order valence-electron chi connectivity index (χ1n) is 9.92. The molecule has 1 aromatic carbocycles. The lowest BCUT2D eigenvalue weighted by Gasteiger charge is -2.30. The fourth-order valence-electron chi connectivity index (χ4n) is 3.50. The van der Waals surface area contributed by atoms with Gasteiger partial charge in [-0.15, -0.1) is 13.2 Å². The number of benzene rings is 1. The molecule has 0 bridgehead atoms. The number of nitrogens with zero attached hydrogens (tertiary/aromatic N) is 4. The minimum atomic E-state index is -4.75. The smallest absolute Gasteiger partial charge is 0.406 e. The normalized spacial score (nSPS) is 15.3. The number of hydrogen-bond donors (Lipinski definition) is 0. The Morgan fingerprint density at radius 2 is 1.90 bits per heavy atom. The van der Waals surface area contributed by atoms with Gasteiger partial charge in [-0.1, -0.05) is 12.1 Å². The predicted molar refractivity (Wildman–Crippen MR) is 105 cm³/mol. The van der Waals surface area contributed by atoms with Crippen LogP contribution in [0.2, 0.25) is 0 Å². The Morgan fingerprint density at radius 1 is 1.19 bits per heavy atom. The van der Waals surface area contributed by atoms with E-state index in [4.69, 9.17) is 4.52 Å². The Balaban J connectivity index is 1.46. The van der Waals surface area contributed by atoms with Crippen molar-refractivity contribution in [2.75, 3.05) is 13.1 Å². The number of piperidine rings is 1. The maximum absolute atomic E-state index is 12.7. The van der Waals surface area contributed by atoms with Crippen LogP contribution in [0.3, 0.4) is 0 Å². The van der Waals surface area contributed by atoms with E-state index in [0.717, 1.165) is 25.9 Å².